The predicted molar refractivity (Wildman–Crippen MR) is 69.5 cm³/mol. The Hall–Kier alpha value is -0.570. The van der Waals surface area contributed by atoms with E-state index in [2.05, 4.69) is 0 Å². The van der Waals surface area contributed by atoms with Gasteiger partial charge < -0.3 is 10.5 Å². The van der Waals surface area contributed by atoms with Crippen LogP contribution in [0.5, 0.6) is 0 Å². The number of hydrogen-bond acceptors (Lipinski definition) is 3. The highest BCUT2D eigenvalue weighted by Crippen LogP contribution is 2.54. The molecule has 3 heteroatoms. The van der Waals surface area contributed by atoms with Crippen molar-refractivity contribution in [2.24, 2.45) is 28.4 Å². The van der Waals surface area contributed by atoms with Gasteiger partial charge in [0.25, 0.3) is 0 Å². The van der Waals surface area contributed by atoms with Crippen LogP contribution in [0, 0.1) is 22.6 Å². The van der Waals surface area contributed by atoms with Gasteiger partial charge in [-0.05, 0) is 42.0 Å². The zero-order valence-corrected chi connectivity index (χ0v) is 11.6. The van der Waals surface area contributed by atoms with Gasteiger partial charge in [0.1, 0.15) is 0 Å². The van der Waals surface area contributed by atoms with E-state index in [1.54, 1.807) is 6.92 Å². The molecule has 0 aromatic rings. The zero-order valence-electron chi connectivity index (χ0n) is 14.6. The minimum absolute atomic E-state index is 0.0182. The summed E-state index contributed by atoms with van der Waals surface area (Å²) < 4.78 is 30.2. The van der Waals surface area contributed by atoms with Gasteiger partial charge in [-0.1, -0.05) is 27.7 Å². The summed E-state index contributed by atoms with van der Waals surface area (Å²) in [6, 6.07) is 0. The number of hydrogen-bond donors (Lipinski definition) is 1. The third kappa shape index (κ3) is 2.49. The molecule has 100 valence electrons. The summed E-state index contributed by atoms with van der Waals surface area (Å²) in [6.07, 6.45) is -1.37. The molecule has 0 saturated heterocycles. The van der Waals surface area contributed by atoms with E-state index in [0.717, 1.165) is 0 Å². The van der Waals surface area contributed by atoms with Crippen LogP contribution >= 0.6 is 0 Å². The van der Waals surface area contributed by atoms with Gasteiger partial charge in [-0.25, -0.2) is 0 Å². The Morgan fingerprint density at radius 1 is 1.59 bits per heavy atom. The lowest BCUT2D eigenvalue weighted by Gasteiger charge is -2.53. The fourth-order valence-corrected chi connectivity index (χ4v) is 2.59. The maximum absolute atomic E-state index is 11.8. The molecule has 3 atom stereocenters. The predicted octanol–water partition coefficient (Wildman–Crippen LogP) is 2.59. The summed E-state index contributed by atoms with van der Waals surface area (Å²) in [4.78, 5) is 11.8. The number of carbonyl (C=O) groups excluding carboxylic acids is 1. The van der Waals surface area contributed by atoms with Crippen molar-refractivity contribution >= 4 is 5.97 Å². The van der Waals surface area contributed by atoms with Crippen molar-refractivity contribution in [3.8, 4) is 0 Å². The molecule has 0 spiro atoms. The normalized spacial score (nSPS) is 46.5. The van der Waals surface area contributed by atoms with Crippen LogP contribution in [0.2, 0.25) is 0 Å². The summed E-state index contributed by atoms with van der Waals surface area (Å²) in [5, 5.41) is 0. The maximum atomic E-state index is 11.8. The number of carbonyl (C=O) groups is 1. The molecule has 0 radical (unpaired) electrons. The van der Waals surface area contributed by atoms with Crippen molar-refractivity contribution < 1.29 is 13.6 Å². The first-order chi connectivity index (χ1) is 8.88. The van der Waals surface area contributed by atoms with Gasteiger partial charge in [0, 0.05) is 4.11 Å². The largest absolute Gasteiger partial charge is 0.469 e. The first kappa shape index (κ1) is 10.4. The van der Waals surface area contributed by atoms with Gasteiger partial charge in [-0.2, -0.15) is 0 Å². The molecule has 0 amide bonds. The molecule has 1 aliphatic rings. The molecule has 0 heterocycles. The van der Waals surface area contributed by atoms with Crippen molar-refractivity contribution in [3.05, 3.63) is 0 Å². The molecule has 0 aliphatic heterocycles. The van der Waals surface area contributed by atoms with Gasteiger partial charge in [-0.15, -0.1) is 0 Å². The second-order valence-corrected chi connectivity index (χ2v) is 5.69. The second-order valence-electron chi connectivity index (χ2n) is 5.69. The van der Waals surface area contributed by atoms with E-state index < -0.39 is 29.1 Å². The monoisotopic (exact) mass is 244 g/mol. The maximum Gasteiger partial charge on any atom is 0.306 e. The molecule has 0 aromatic heterocycles. The molecule has 1 fully saturated rings. The Labute approximate surface area is 109 Å². The minimum Gasteiger partial charge on any atom is -0.469 e. The fraction of sp³-hybridized carbons (Fsp3) is 0.929. The number of esters is 1. The lowest BCUT2D eigenvalue weighted by atomic mass is 9.52. The van der Waals surface area contributed by atoms with Crippen LogP contribution in [0.3, 0.4) is 0 Å². The third-order valence-corrected chi connectivity index (χ3v) is 4.69. The fourth-order valence-electron chi connectivity index (χ4n) is 2.59. The molecular weight excluding hydrogens is 214 g/mol. The van der Waals surface area contributed by atoms with Crippen LogP contribution in [0.1, 0.15) is 51.0 Å². The quantitative estimate of drug-likeness (QED) is 0.776. The SMILES string of the molecule is [2H]C1([2H])CC(CN)(CC(=O)OC)C([2H])(C)C(C)(C)C1C. The summed E-state index contributed by atoms with van der Waals surface area (Å²) in [5.41, 5.74) is 4.38. The molecule has 1 saturated carbocycles. The number of methoxy groups -OCH3 is 1. The van der Waals surface area contributed by atoms with Gasteiger partial charge in [0.2, 0.25) is 0 Å². The van der Waals surface area contributed by atoms with Gasteiger partial charge >= 0.3 is 5.97 Å². The first-order valence-corrected chi connectivity index (χ1v) is 6.15. The van der Waals surface area contributed by atoms with Crippen molar-refractivity contribution in [3.63, 3.8) is 0 Å². The average molecular weight is 244 g/mol. The lowest BCUT2D eigenvalue weighted by molar-refractivity contribution is -0.147. The Bertz CT molecular complexity index is 396. The standard InChI is InChI=1S/C14H27NO2/c1-10-6-7-14(9-15,8-12(16)17-5)11(2)13(10,3)4/h10-11H,6-9,15H2,1-5H3/i6D2,11D. The van der Waals surface area contributed by atoms with E-state index >= 15 is 0 Å². The zero-order chi connectivity index (χ0) is 16.0. The molecule has 0 aromatic carbocycles. The molecular formula is C14H27NO2. The number of ether oxygens (including phenoxy) is 1. The van der Waals surface area contributed by atoms with Crippen molar-refractivity contribution in [1.82, 2.24) is 0 Å². The molecule has 0 bridgehead atoms. The molecule has 1 rings (SSSR count). The average Bonchev–Trinajstić information content (AvgIpc) is 2.34. The number of nitrogens with two attached hydrogens (primary N) is 1. The Balaban J connectivity index is 3.38. The highest BCUT2D eigenvalue weighted by Gasteiger charge is 2.50. The molecule has 3 nitrogen and oxygen atoms in total. The summed E-state index contributed by atoms with van der Waals surface area (Å²) in [6.45, 7) is 7.49. The Morgan fingerprint density at radius 3 is 2.65 bits per heavy atom. The molecule has 3 unspecified atom stereocenters. The van der Waals surface area contributed by atoms with E-state index in [1.807, 2.05) is 20.8 Å². The van der Waals surface area contributed by atoms with Crippen LogP contribution in [0.25, 0.3) is 0 Å². The lowest BCUT2D eigenvalue weighted by Crippen LogP contribution is -2.51. The Kier molecular flexibility index (Phi) is 3.03. The van der Waals surface area contributed by atoms with Crippen LogP contribution < -0.4 is 5.73 Å². The first-order valence-electron chi connectivity index (χ1n) is 7.65. The number of rotatable bonds is 3. The van der Waals surface area contributed by atoms with E-state index in [1.165, 1.54) is 7.11 Å². The highest BCUT2D eigenvalue weighted by atomic mass is 16.5. The van der Waals surface area contributed by atoms with E-state index in [0.29, 0.717) is 0 Å². The summed E-state index contributed by atoms with van der Waals surface area (Å²) in [5.74, 6) is -1.75. The van der Waals surface area contributed by atoms with E-state index in [9.17, 15) is 4.79 Å². The van der Waals surface area contributed by atoms with Crippen LogP contribution in [0.4, 0.5) is 0 Å². The third-order valence-electron chi connectivity index (χ3n) is 4.69. The van der Waals surface area contributed by atoms with Crippen LogP contribution in [-0.2, 0) is 9.53 Å². The minimum atomic E-state index is -1.46. The van der Waals surface area contributed by atoms with Crippen molar-refractivity contribution in [2.75, 3.05) is 13.7 Å². The highest BCUT2D eigenvalue weighted by molar-refractivity contribution is 5.70. The smallest absolute Gasteiger partial charge is 0.306 e. The summed E-state index contributed by atoms with van der Waals surface area (Å²) in [7, 11) is 1.30. The van der Waals surface area contributed by atoms with Crippen molar-refractivity contribution in [2.45, 2.75) is 46.9 Å². The van der Waals surface area contributed by atoms with Gasteiger partial charge in [0.15, 0.2) is 0 Å². The summed E-state index contributed by atoms with van der Waals surface area (Å²) >= 11 is 0. The van der Waals surface area contributed by atoms with Crippen molar-refractivity contribution in [1.29, 1.82) is 0 Å². The van der Waals surface area contributed by atoms with Gasteiger partial charge in [0.05, 0.1) is 13.5 Å². The van der Waals surface area contributed by atoms with Gasteiger partial charge in [-0.3, -0.25) is 4.79 Å². The Morgan fingerprint density at radius 2 is 2.18 bits per heavy atom. The van der Waals surface area contributed by atoms with Crippen LogP contribution in [0.15, 0.2) is 0 Å². The van der Waals surface area contributed by atoms with E-state index in [-0.39, 0.29) is 25.3 Å². The second kappa shape index (κ2) is 4.97. The molecule has 1 aliphatic carbocycles. The van der Waals surface area contributed by atoms with Crippen LogP contribution in [-0.4, -0.2) is 19.6 Å². The van der Waals surface area contributed by atoms with E-state index in [4.69, 9.17) is 14.6 Å². The molecule has 17 heavy (non-hydrogen) atoms. The molecule has 2 N–H and O–H groups in total. The topological polar surface area (TPSA) is 52.3 Å².